The van der Waals surface area contributed by atoms with Gasteiger partial charge in [0.25, 0.3) is 5.91 Å². The molecule has 1 aliphatic rings. The molecule has 0 fully saturated rings. The standard InChI is InChI=1S/C24H24N4O5/c1-24(2,3)33-23(30)26-16-12-18(22(29)25-15-8-5-4-6-9-15)28-20(13-16)27-17-10-7-11-19-21(17)32-14-31-19/h4-13H,14H2,1-3H3,(H,25,29)(H2,26,27,28,30). The largest absolute Gasteiger partial charge is 0.454 e. The second-order valence-corrected chi connectivity index (χ2v) is 8.24. The molecule has 0 atom stereocenters. The lowest BCUT2D eigenvalue weighted by atomic mass is 10.2. The number of carbonyl (C=O) groups is 2. The second-order valence-electron chi connectivity index (χ2n) is 8.24. The van der Waals surface area contributed by atoms with E-state index in [9.17, 15) is 9.59 Å². The van der Waals surface area contributed by atoms with Crippen molar-refractivity contribution in [1.29, 1.82) is 0 Å². The molecule has 9 nitrogen and oxygen atoms in total. The number of carbonyl (C=O) groups excluding carboxylic acids is 2. The smallest absolute Gasteiger partial charge is 0.412 e. The molecule has 4 rings (SSSR count). The molecule has 0 saturated carbocycles. The minimum absolute atomic E-state index is 0.0969. The maximum Gasteiger partial charge on any atom is 0.412 e. The van der Waals surface area contributed by atoms with Gasteiger partial charge in [-0.05, 0) is 51.1 Å². The van der Waals surface area contributed by atoms with Crippen molar-refractivity contribution < 1.29 is 23.8 Å². The van der Waals surface area contributed by atoms with Gasteiger partial charge in [0, 0.05) is 11.8 Å². The Morgan fingerprint density at radius 1 is 0.939 bits per heavy atom. The number of pyridine rings is 1. The third kappa shape index (κ3) is 5.70. The molecule has 2 aromatic carbocycles. The van der Waals surface area contributed by atoms with E-state index in [0.717, 1.165) is 0 Å². The first kappa shape index (κ1) is 21.9. The van der Waals surface area contributed by atoms with Gasteiger partial charge < -0.3 is 24.8 Å². The van der Waals surface area contributed by atoms with Crippen LogP contribution in [0.15, 0.2) is 60.7 Å². The Balaban J connectivity index is 1.63. The monoisotopic (exact) mass is 448 g/mol. The van der Waals surface area contributed by atoms with Gasteiger partial charge in [-0.15, -0.1) is 0 Å². The number of para-hydroxylation sites is 2. The lowest BCUT2D eigenvalue weighted by Gasteiger charge is -2.20. The summed E-state index contributed by atoms with van der Waals surface area (Å²) in [7, 11) is 0. The molecule has 0 radical (unpaired) electrons. The molecule has 3 aromatic rings. The highest BCUT2D eigenvalue weighted by molar-refractivity contribution is 6.04. The highest BCUT2D eigenvalue weighted by atomic mass is 16.7. The number of benzene rings is 2. The van der Waals surface area contributed by atoms with E-state index in [2.05, 4.69) is 20.9 Å². The predicted octanol–water partition coefficient (Wildman–Crippen LogP) is 5.15. The fourth-order valence-electron chi connectivity index (χ4n) is 3.09. The molecule has 0 saturated heterocycles. The van der Waals surface area contributed by atoms with Gasteiger partial charge in [-0.25, -0.2) is 9.78 Å². The summed E-state index contributed by atoms with van der Waals surface area (Å²) in [5.74, 6) is 1.03. The number of fused-ring (bicyclic) bond motifs is 1. The van der Waals surface area contributed by atoms with Crippen LogP contribution in [0.2, 0.25) is 0 Å². The summed E-state index contributed by atoms with van der Waals surface area (Å²) in [6, 6.07) is 17.5. The van der Waals surface area contributed by atoms with Crippen molar-refractivity contribution in [3.05, 3.63) is 66.4 Å². The zero-order chi connectivity index (χ0) is 23.4. The molecule has 1 aliphatic heterocycles. The molecule has 33 heavy (non-hydrogen) atoms. The summed E-state index contributed by atoms with van der Waals surface area (Å²) < 4.78 is 16.3. The molecule has 2 heterocycles. The van der Waals surface area contributed by atoms with Gasteiger partial charge in [0.05, 0.1) is 11.4 Å². The van der Waals surface area contributed by atoms with Crippen LogP contribution in [0, 0.1) is 0 Å². The number of anilines is 4. The van der Waals surface area contributed by atoms with Gasteiger partial charge >= 0.3 is 6.09 Å². The first-order valence-electron chi connectivity index (χ1n) is 10.3. The Labute approximate surface area is 191 Å². The average molecular weight is 448 g/mol. The summed E-state index contributed by atoms with van der Waals surface area (Å²) in [4.78, 5) is 29.6. The van der Waals surface area contributed by atoms with Gasteiger partial charge in [0.1, 0.15) is 17.1 Å². The van der Waals surface area contributed by atoms with E-state index >= 15 is 0 Å². The molecule has 0 spiro atoms. The lowest BCUT2D eigenvalue weighted by Crippen LogP contribution is -2.27. The molecule has 0 aliphatic carbocycles. The van der Waals surface area contributed by atoms with Gasteiger partial charge in [-0.2, -0.15) is 0 Å². The third-order valence-electron chi connectivity index (χ3n) is 4.39. The van der Waals surface area contributed by atoms with Crippen LogP contribution in [0.1, 0.15) is 31.3 Å². The number of hydrogen-bond donors (Lipinski definition) is 3. The van der Waals surface area contributed by atoms with Crippen LogP contribution >= 0.6 is 0 Å². The number of rotatable bonds is 5. The van der Waals surface area contributed by atoms with Crippen molar-refractivity contribution in [3.63, 3.8) is 0 Å². The zero-order valence-electron chi connectivity index (χ0n) is 18.5. The SMILES string of the molecule is CC(C)(C)OC(=O)Nc1cc(Nc2cccc3c2OCO3)nc(C(=O)Nc2ccccc2)c1. The molecular formula is C24H24N4O5. The maximum absolute atomic E-state index is 12.9. The number of hydrogen-bond acceptors (Lipinski definition) is 7. The quantitative estimate of drug-likeness (QED) is 0.495. The summed E-state index contributed by atoms with van der Waals surface area (Å²) in [5.41, 5.74) is 0.995. The Kier molecular flexibility index (Phi) is 6.03. The summed E-state index contributed by atoms with van der Waals surface area (Å²) in [5, 5.41) is 8.59. The van der Waals surface area contributed by atoms with Crippen molar-refractivity contribution in [1.82, 2.24) is 4.98 Å². The van der Waals surface area contributed by atoms with Crippen LogP contribution < -0.4 is 25.4 Å². The molecule has 3 N–H and O–H groups in total. The normalized spacial score (nSPS) is 12.1. The highest BCUT2D eigenvalue weighted by Crippen LogP contribution is 2.40. The maximum atomic E-state index is 12.9. The number of ether oxygens (including phenoxy) is 3. The van der Waals surface area contributed by atoms with E-state index in [1.54, 1.807) is 51.1 Å². The number of nitrogens with one attached hydrogen (secondary N) is 3. The average Bonchev–Trinajstić information content (AvgIpc) is 3.23. The van der Waals surface area contributed by atoms with Gasteiger partial charge in [0.15, 0.2) is 11.5 Å². The molecule has 9 heteroatoms. The van der Waals surface area contributed by atoms with Gasteiger partial charge in [-0.1, -0.05) is 24.3 Å². The van der Waals surface area contributed by atoms with Gasteiger partial charge in [-0.3, -0.25) is 10.1 Å². The van der Waals surface area contributed by atoms with Gasteiger partial charge in [0.2, 0.25) is 6.79 Å². The molecule has 0 unspecified atom stereocenters. The molecule has 2 amide bonds. The summed E-state index contributed by atoms with van der Waals surface area (Å²) in [6.07, 6.45) is -0.647. The van der Waals surface area contributed by atoms with E-state index < -0.39 is 17.6 Å². The minimum Gasteiger partial charge on any atom is -0.454 e. The fraction of sp³-hybridized carbons (Fsp3) is 0.208. The van der Waals surface area contributed by atoms with E-state index in [1.807, 2.05) is 24.3 Å². The van der Waals surface area contributed by atoms with Crippen molar-refractivity contribution in [2.45, 2.75) is 26.4 Å². The van der Waals surface area contributed by atoms with Crippen LogP contribution in [0.25, 0.3) is 0 Å². The van der Waals surface area contributed by atoms with Crippen molar-refractivity contribution in [2.24, 2.45) is 0 Å². The predicted molar refractivity (Wildman–Crippen MR) is 124 cm³/mol. The van der Waals surface area contributed by atoms with Crippen LogP contribution in [0.3, 0.4) is 0 Å². The minimum atomic E-state index is -0.673. The zero-order valence-corrected chi connectivity index (χ0v) is 18.5. The number of aromatic nitrogens is 1. The van der Waals surface area contributed by atoms with Crippen LogP contribution in [-0.2, 0) is 4.74 Å². The Hall–Kier alpha value is -4.27. The van der Waals surface area contributed by atoms with E-state index in [0.29, 0.717) is 34.4 Å². The summed E-state index contributed by atoms with van der Waals surface area (Å²) >= 11 is 0. The van der Waals surface area contributed by atoms with E-state index in [1.165, 1.54) is 6.07 Å². The molecule has 170 valence electrons. The number of nitrogens with zero attached hydrogens (tertiary/aromatic N) is 1. The Bertz CT molecular complexity index is 1180. The van der Waals surface area contributed by atoms with Crippen molar-refractivity contribution in [2.75, 3.05) is 22.7 Å². The highest BCUT2D eigenvalue weighted by Gasteiger charge is 2.20. The van der Waals surface area contributed by atoms with Crippen molar-refractivity contribution in [3.8, 4) is 11.5 Å². The molecule has 1 aromatic heterocycles. The Morgan fingerprint density at radius 3 is 2.48 bits per heavy atom. The Morgan fingerprint density at radius 2 is 1.73 bits per heavy atom. The van der Waals surface area contributed by atoms with Crippen molar-refractivity contribution >= 4 is 34.9 Å². The number of amides is 2. The van der Waals surface area contributed by atoms with Crippen LogP contribution in [0.4, 0.5) is 27.7 Å². The second kappa shape index (κ2) is 9.07. The van der Waals surface area contributed by atoms with E-state index in [-0.39, 0.29) is 12.5 Å². The van der Waals surface area contributed by atoms with E-state index in [4.69, 9.17) is 14.2 Å². The first-order valence-corrected chi connectivity index (χ1v) is 10.3. The third-order valence-corrected chi connectivity index (χ3v) is 4.39. The fourth-order valence-corrected chi connectivity index (χ4v) is 3.09. The summed E-state index contributed by atoms with van der Waals surface area (Å²) in [6.45, 7) is 5.42. The topological polar surface area (TPSA) is 111 Å². The lowest BCUT2D eigenvalue weighted by molar-refractivity contribution is 0.0635. The van der Waals surface area contributed by atoms with Crippen LogP contribution in [-0.4, -0.2) is 29.4 Å². The van der Waals surface area contributed by atoms with Crippen LogP contribution in [0.5, 0.6) is 11.5 Å². The molecular weight excluding hydrogens is 424 g/mol. The molecule has 0 bridgehead atoms. The first-order chi connectivity index (χ1) is 15.8.